The Morgan fingerprint density at radius 1 is 1.03 bits per heavy atom. The molecule has 5 rings (SSSR count). The predicted octanol–water partition coefficient (Wildman–Crippen LogP) is 5.79. The Labute approximate surface area is 188 Å². The third-order valence-electron chi connectivity index (χ3n) is 10.0. The zero-order valence-corrected chi connectivity index (χ0v) is 19.9. The fourth-order valence-corrected chi connectivity index (χ4v) is 9.53. The molecule has 0 aliphatic heterocycles. The number of aliphatic hydroxyl groups is 1. The Morgan fingerprint density at radius 3 is 2.58 bits per heavy atom. The van der Waals surface area contributed by atoms with Crippen molar-refractivity contribution in [2.24, 2.45) is 34.5 Å². The van der Waals surface area contributed by atoms with Gasteiger partial charge in [-0.25, -0.2) is 8.42 Å². The van der Waals surface area contributed by atoms with E-state index in [2.05, 4.69) is 19.9 Å². The molecule has 1 aromatic carbocycles. The molecule has 0 spiro atoms. The summed E-state index contributed by atoms with van der Waals surface area (Å²) in [7, 11) is -3.21. The monoisotopic (exact) mass is 442 g/mol. The Hall–Kier alpha value is -1.13. The fourth-order valence-electron chi connectivity index (χ4n) is 8.12. The van der Waals surface area contributed by atoms with E-state index in [4.69, 9.17) is 0 Å². The molecule has 7 unspecified atom stereocenters. The molecule has 4 heteroatoms. The summed E-state index contributed by atoms with van der Waals surface area (Å²) in [6.07, 6.45) is 12.3. The Morgan fingerprint density at radius 2 is 1.81 bits per heavy atom. The van der Waals surface area contributed by atoms with Crippen molar-refractivity contribution in [3.8, 4) is 0 Å². The van der Waals surface area contributed by atoms with Crippen LogP contribution in [0.25, 0.3) is 0 Å². The largest absolute Gasteiger partial charge is 0.393 e. The highest BCUT2D eigenvalue weighted by atomic mass is 32.2. The summed E-state index contributed by atoms with van der Waals surface area (Å²) in [4.78, 5) is 0.464. The summed E-state index contributed by atoms with van der Waals surface area (Å²) in [6, 6.07) is 8.95. The minimum Gasteiger partial charge on any atom is -0.393 e. The van der Waals surface area contributed by atoms with E-state index in [1.54, 1.807) is 17.7 Å². The van der Waals surface area contributed by atoms with Gasteiger partial charge < -0.3 is 5.11 Å². The molecule has 1 N–H and O–H groups in total. The highest BCUT2D eigenvalue weighted by Gasteiger charge is 2.56. The van der Waals surface area contributed by atoms with Crippen LogP contribution in [-0.2, 0) is 9.84 Å². The Bertz CT molecular complexity index is 952. The van der Waals surface area contributed by atoms with E-state index in [0.29, 0.717) is 28.6 Å². The molecule has 3 nitrogen and oxygen atoms in total. The molecule has 0 amide bonds. The van der Waals surface area contributed by atoms with Gasteiger partial charge in [0.1, 0.15) is 0 Å². The first-order chi connectivity index (χ1) is 14.7. The number of rotatable bonds is 4. The summed E-state index contributed by atoms with van der Waals surface area (Å²) in [5.74, 6) is 2.76. The highest BCUT2D eigenvalue weighted by Crippen LogP contribution is 2.65. The van der Waals surface area contributed by atoms with Crippen molar-refractivity contribution in [3.63, 3.8) is 0 Å². The van der Waals surface area contributed by atoms with Crippen LogP contribution < -0.4 is 0 Å². The lowest BCUT2D eigenvalue weighted by molar-refractivity contribution is -0.0122. The molecule has 4 aliphatic rings. The van der Waals surface area contributed by atoms with Crippen LogP contribution in [0.1, 0.15) is 71.6 Å². The van der Waals surface area contributed by atoms with Gasteiger partial charge in [0.2, 0.25) is 0 Å². The van der Waals surface area contributed by atoms with Crippen LogP contribution in [0.2, 0.25) is 0 Å². The van der Waals surface area contributed by atoms with Gasteiger partial charge in [-0.15, -0.1) is 0 Å². The number of benzene rings is 1. The van der Waals surface area contributed by atoms with Crippen molar-refractivity contribution in [2.45, 2.75) is 82.6 Å². The first-order valence-electron chi connectivity index (χ1n) is 12.4. The minimum atomic E-state index is -3.21. The Balaban J connectivity index is 1.34. The lowest BCUT2D eigenvalue weighted by Gasteiger charge is -2.56. The molecule has 3 fully saturated rings. The number of hydrogen-bond donors (Lipinski definition) is 1. The average molecular weight is 443 g/mol. The van der Waals surface area contributed by atoms with Crippen LogP contribution in [0.3, 0.4) is 0 Å². The van der Waals surface area contributed by atoms with Crippen molar-refractivity contribution in [2.75, 3.05) is 5.75 Å². The van der Waals surface area contributed by atoms with Gasteiger partial charge in [0.05, 0.1) is 16.8 Å². The summed E-state index contributed by atoms with van der Waals surface area (Å²) < 4.78 is 25.8. The van der Waals surface area contributed by atoms with E-state index in [1.807, 2.05) is 18.2 Å². The third-order valence-corrected chi connectivity index (χ3v) is 11.8. The van der Waals surface area contributed by atoms with Gasteiger partial charge in [-0.3, -0.25) is 0 Å². The standard InChI is InChI=1S/C27H38O3S/c1-26-16-13-25-23(10-8-20-18-21(28)12-15-27(20,25)2)24(26)11-9-19(26)14-17-31(29,30)22-6-4-3-5-7-22/h3-7,13,19-21,23-24,28H,8-12,14-18H2,1-2H3. The van der Waals surface area contributed by atoms with E-state index in [-0.39, 0.29) is 22.7 Å². The molecule has 0 aromatic heterocycles. The number of aliphatic hydroxyl groups excluding tert-OH is 1. The first kappa shape index (κ1) is 21.7. The first-order valence-corrected chi connectivity index (χ1v) is 14.1. The molecular weight excluding hydrogens is 404 g/mol. The molecule has 170 valence electrons. The molecule has 4 aliphatic carbocycles. The van der Waals surface area contributed by atoms with E-state index >= 15 is 0 Å². The van der Waals surface area contributed by atoms with Gasteiger partial charge in [0.15, 0.2) is 9.84 Å². The van der Waals surface area contributed by atoms with Crippen molar-refractivity contribution in [1.29, 1.82) is 0 Å². The molecule has 7 atom stereocenters. The number of sulfone groups is 1. The normalized spacial score (nSPS) is 42.3. The second-order valence-electron chi connectivity index (χ2n) is 11.4. The van der Waals surface area contributed by atoms with Crippen LogP contribution in [0.5, 0.6) is 0 Å². The molecule has 0 radical (unpaired) electrons. The maximum absolute atomic E-state index is 12.9. The van der Waals surface area contributed by atoms with Crippen LogP contribution in [-0.4, -0.2) is 25.4 Å². The van der Waals surface area contributed by atoms with E-state index < -0.39 is 9.84 Å². The maximum Gasteiger partial charge on any atom is 0.178 e. The average Bonchev–Trinajstić information content (AvgIpc) is 3.10. The van der Waals surface area contributed by atoms with Gasteiger partial charge in [0.25, 0.3) is 0 Å². The second-order valence-corrected chi connectivity index (χ2v) is 13.5. The van der Waals surface area contributed by atoms with E-state index in [0.717, 1.165) is 32.1 Å². The van der Waals surface area contributed by atoms with Gasteiger partial charge in [-0.05, 0) is 104 Å². The smallest absolute Gasteiger partial charge is 0.178 e. The van der Waals surface area contributed by atoms with Crippen molar-refractivity contribution in [3.05, 3.63) is 42.0 Å². The Kier molecular flexibility index (Phi) is 5.41. The summed E-state index contributed by atoms with van der Waals surface area (Å²) in [5.41, 5.74) is 2.21. The van der Waals surface area contributed by atoms with Crippen molar-refractivity contribution < 1.29 is 13.5 Å². The molecule has 0 saturated heterocycles. The molecule has 31 heavy (non-hydrogen) atoms. The lowest BCUT2D eigenvalue weighted by Crippen LogP contribution is -2.48. The van der Waals surface area contributed by atoms with E-state index in [9.17, 15) is 13.5 Å². The van der Waals surface area contributed by atoms with Crippen molar-refractivity contribution >= 4 is 9.84 Å². The SMILES string of the molecule is CC12CCC(O)CC1CCC1C2=CCC2(C)C(CCS(=O)(=O)c3ccccc3)CCC12. The molecular formula is C27H38O3S. The van der Waals surface area contributed by atoms with Crippen LogP contribution >= 0.6 is 0 Å². The molecule has 1 aromatic rings. The zero-order valence-electron chi connectivity index (χ0n) is 19.1. The van der Waals surface area contributed by atoms with Gasteiger partial charge in [-0.2, -0.15) is 0 Å². The van der Waals surface area contributed by atoms with Crippen LogP contribution in [0.4, 0.5) is 0 Å². The number of hydrogen-bond acceptors (Lipinski definition) is 3. The maximum atomic E-state index is 12.9. The number of allylic oxidation sites excluding steroid dienone is 2. The van der Waals surface area contributed by atoms with E-state index in [1.165, 1.54) is 25.7 Å². The second kappa shape index (κ2) is 7.73. The molecule has 0 heterocycles. The summed E-state index contributed by atoms with van der Waals surface area (Å²) in [5, 5.41) is 10.2. The minimum absolute atomic E-state index is 0.105. The summed E-state index contributed by atoms with van der Waals surface area (Å²) >= 11 is 0. The van der Waals surface area contributed by atoms with Crippen LogP contribution in [0.15, 0.2) is 46.9 Å². The lowest BCUT2D eigenvalue weighted by atomic mass is 9.48. The highest BCUT2D eigenvalue weighted by molar-refractivity contribution is 7.91. The number of fused-ring (bicyclic) bond motifs is 5. The summed E-state index contributed by atoms with van der Waals surface area (Å²) in [6.45, 7) is 4.93. The quantitative estimate of drug-likeness (QED) is 0.601. The predicted molar refractivity (Wildman–Crippen MR) is 124 cm³/mol. The fraction of sp³-hybridized carbons (Fsp3) is 0.704. The zero-order chi connectivity index (χ0) is 21.9. The van der Waals surface area contributed by atoms with Crippen molar-refractivity contribution in [1.82, 2.24) is 0 Å². The van der Waals surface area contributed by atoms with Crippen LogP contribution in [0, 0.1) is 34.5 Å². The topological polar surface area (TPSA) is 54.4 Å². The van der Waals surface area contributed by atoms with Gasteiger partial charge in [-0.1, -0.05) is 43.7 Å². The van der Waals surface area contributed by atoms with Gasteiger partial charge >= 0.3 is 0 Å². The van der Waals surface area contributed by atoms with Gasteiger partial charge in [0, 0.05) is 0 Å². The molecule has 3 saturated carbocycles. The molecule has 0 bridgehead atoms. The third kappa shape index (κ3) is 3.53.